The van der Waals surface area contributed by atoms with Crippen molar-refractivity contribution in [2.45, 2.75) is 43.5 Å². The van der Waals surface area contributed by atoms with Crippen molar-refractivity contribution in [3.8, 4) is 0 Å². The Kier molecular flexibility index (Phi) is 7.06. The number of carbonyl (C=O) groups excluding carboxylic acids is 1. The fourth-order valence-corrected chi connectivity index (χ4v) is 5.98. The van der Waals surface area contributed by atoms with Gasteiger partial charge in [0.05, 0.1) is 0 Å². The van der Waals surface area contributed by atoms with E-state index in [-0.39, 0.29) is 15.4 Å². The third-order valence-electron chi connectivity index (χ3n) is 5.69. The summed E-state index contributed by atoms with van der Waals surface area (Å²) in [4.78, 5) is 14.8. The molecular weight excluding hydrogens is 458 g/mol. The number of aryl methyl sites for hydroxylation is 1. The number of nitrogens with zero attached hydrogens (tertiary/aromatic N) is 3. The van der Waals surface area contributed by atoms with E-state index in [0.717, 1.165) is 41.2 Å². The maximum atomic E-state index is 12.8. The Morgan fingerprint density at radius 2 is 1.73 bits per heavy atom. The Bertz CT molecular complexity index is 1220. The number of piperidine rings is 1. The van der Waals surface area contributed by atoms with Crippen molar-refractivity contribution in [2.75, 3.05) is 23.3 Å². The molecule has 1 unspecified atom stereocenters. The van der Waals surface area contributed by atoms with Crippen molar-refractivity contribution in [1.82, 2.24) is 14.9 Å². The summed E-state index contributed by atoms with van der Waals surface area (Å²) >= 11 is 0.816. The molecule has 3 aromatic rings. The number of benzene rings is 2. The summed E-state index contributed by atoms with van der Waals surface area (Å²) < 4.78 is 28.1. The minimum Gasteiger partial charge on any atom is -0.372 e. The number of sulfonamides is 1. The zero-order chi connectivity index (χ0) is 23.4. The highest BCUT2D eigenvalue weighted by Crippen LogP contribution is 2.25. The van der Waals surface area contributed by atoms with E-state index in [1.165, 1.54) is 19.3 Å². The van der Waals surface area contributed by atoms with E-state index < -0.39 is 16.1 Å². The lowest BCUT2D eigenvalue weighted by atomic mass is 10.1. The summed E-state index contributed by atoms with van der Waals surface area (Å²) in [6.07, 6.45) is 3.68. The first-order chi connectivity index (χ1) is 15.8. The predicted octanol–water partition coefficient (Wildman–Crippen LogP) is 4.13. The highest BCUT2D eigenvalue weighted by atomic mass is 32.2. The van der Waals surface area contributed by atoms with Crippen LogP contribution in [0.15, 0.2) is 52.9 Å². The molecule has 174 valence electrons. The van der Waals surface area contributed by atoms with Crippen LogP contribution in [0, 0.1) is 6.92 Å². The largest absolute Gasteiger partial charge is 0.372 e. The Hall–Kier alpha value is -2.82. The summed E-state index contributed by atoms with van der Waals surface area (Å²) in [6, 6.07) is 14.7. The van der Waals surface area contributed by atoms with Gasteiger partial charge < -0.3 is 4.90 Å². The van der Waals surface area contributed by atoms with Crippen molar-refractivity contribution in [2.24, 2.45) is 0 Å². The molecule has 8 nitrogen and oxygen atoms in total. The fourth-order valence-electron chi connectivity index (χ4n) is 3.84. The van der Waals surface area contributed by atoms with E-state index in [1.807, 2.05) is 43.3 Å². The lowest BCUT2D eigenvalue weighted by Gasteiger charge is -2.29. The van der Waals surface area contributed by atoms with Crippen LogP contribution in [0.3, 0.4) is 0 Å². The molecule has 2 heterocycles. The monoisotopic (exact) mass is 485 g/mol. The lowest BCUT2D eigenvalue weighted by Crippen LogP contribution is -2.29. The first-order valence-corrected chi connectivity index (χ1v) is 13.2. The molecule has 0 bridgehead atoms. The van der Waals surface area contributed by atoms with Crippen LogP contribution < -0.4 is 14.9 Å². The van der Waals surface area contributed by atoms with Gasteiger partial charge in [-0.15, -0.1) is 10.2 Å². The number of hydrogen-bond donors (Lipinski definition) is 2. The number of aromatic nitrogens is 2. The zero-order valence-electron chi connectivity index (χ0n) is 18.6. The molecule has 4 rings (SSSR count). The number of hydrogen-bond acceptors (Lipinski definition) is 7. The molecule has 0 aliphatic carbocycles. The molecule has 2 N–H and O–H groups in total. The third kappa shape index (κ3) is 5.58. The van der Waals surface area contributed by atoms with Crippen LogP contribution in [-0.2, 0) is 10.0 Å². The summed E-state index contributed by atoms with van der Waals surface area (Å²) in [7, 11) is -3.89. The van der Waals surface area contributed by atoms with Gasteiger partial charge in [0.25, 0.3) is 15.9 Å². The molecule has 1 saturated heterocycles. The Morgan fingerprint density at radius 3 is 2.42 bits per heavy atom. The molecule has 1 atom stereocenters. The first-order valence-electron chi connectivity index (χ1n) is 10.9. The number of anilines is 2. The van der Waals surface area contributed by atoms with E-state index in [1.54, 1.807) is 19.1 Å². The maximum absolute atomic E-state index is 12.8. The molecule has 0 saturated carbocycles. The summed E-state index contributed by atoms with van der Waals surface area (Å²) in [5, 5.41) is 10.4. The minimum atomic E-state index is -3.89. The van der Waals surface area contributed by atoms with Crippen molar-refractivity contribution in [3.05, 3.63) is 65.2 Å². The molecule has 1 aliphatic rings. The van der Waals surface area contributed by atoms with E-state index in [4.69, 9.17) is 0 Å². The van der Waals surface area contributed by atoms with Gasteiger partial charge in [-0.3, -0.25) is 10.1 Å². The Balaban J connectivity index is 1.41. The maximum Gasteiger partial charge on any atom is 0.270 e. The topological polar surface area (TPSA) is 104 Å². The molecule has 1 fully saturated rings. The number of amides is 1. The smallest absolute Gasteiger partial charge is 0.270 e. The molecule has 33 heavy (non-hydrogen) atoms. The SMILES string of the molecule is Cc1ccccc1C(=O)Nc1nnc(S(=O)(=O)NC(C)c2ccc(N3CCCCC3)cc2)s1. The molecule has 1 amide bonds. The summed E-state index contributed by atoms with van der Waals surface area (Å²) in [5.74, 6) is -0.358. The summed E-state index contributed by atoms with van der Waals surface area (Å²) in [6.45, 7) is 5.73. The van der Waals surface area contributed by atoms with Crippen LogP contribution >= 0.6 is 11.3 Å². The van der Waals surface area contributed by atoms with Crippen LogP contribution in [0.2, 0.25) is 0 Å². The second-order valence-corrected chi connectivity index (χ2v) is 11.0. The van der Waals surface area contributed by atoms with Gasteiger partial charge in [0.15, 0.2) is 0 Å². The van der Waals surface area contributed by atoms with Crippen molar-refractivity contribution < 1.29 is 13.2 Å². The van der Waals surface area contributed by atoms with Gasteiger partial charge in [0.1, 0.15) is 0 Å². The standard InChI is InChI=1S/C23H27N5O3S2/c1-16-8-4-5-9-20(16)21(29)24-22-25-26-23(32-22)33(30,31)27-17(2)18-10-12-19(13-11-18)28-14-6-3-7-15-28/h4-5,8-13,17,27H,3,6-7,14-15H2,1-2H3,(H,24,25,29). The van der Waals surface area contributed by atoms with E-state index in [2.05, 4.69) is 25.1 Å². The first kappa shape index (κ1) is 23.3. The molecule has 10 heteroatoms. The Labute approximate surface area is 198 Å². The fraction of sp³-hybridized carbons (Fsp3) is 0.348. The van der Waals surface area contributed by atoms with Gasteiger partial charge in [0, 0.05) is 30.4 Å². The lowest BCUT2D eigenvalue weighted by molar-refractivity contribution is 0.102. The average Bonchev–Trinajstić information content (AvgIpc) is 3.29. The highest BCUT2D eigenvalue weighted by Gasteiger charge is 2.24. The quantitative estimate of drug-likeness (QED) is 0.488. The molecule has 0 radical (unpaired) electrons. The van der Waals surface area contributed by atoms with Crippen molar-refractivity contribution in [1.29, 1.82) is 0 Å². The second kappa shape index (κ2) is 9.98. The second-order valence-electron chi connectivity index (χ2n) is 8.12. The van der Waals surface area contributed by atoms with Crippen LogP contribution in [0.4, 0.5) is 10.8 Å². The highest BCUT2D eigenvalue weighted by molar-refractivity contribution is 7.91. The zero-order valence-corrected chi connectivity index (χ0v) is 20.2. The molecule has 2 aromatic carbocycles. The normalized spacial score (nSPS) is 15.3. The van der Waals surface area contributed by atoms with Gasteiger partial charge in [-0.25, -0.2) is 13.1 Å². The van der Waals surface area contributed by atoms with Crippen LogP contribution in [0.1, 0.15) is 53.7 Å². The van der Waals surface area contributed by atoms with Gasteiger partial charge in [-0.1, -0.05) is 41.7 Å². The van der Waals surface area contributed by atoms with E-state index >= 15 is 0 Å². The summed E-state index contributed by atoms with van der Waals surface area (Å²) in [5.41, 5.74) is 3.33. The number of carbonyl (C=O) groups is 1. The van der Waals surface area contributed by atoms with Crippen LogP contribution in [0.25, 0.3) is 0 Å². The molecule has 0 spiro atoms. The average molecular weight is 486 g/mol. The van der Waals surface area contributed by atoms with Gasteiger partial charge in [-0.2, -0.15) is 0 Å². The third-order valence-corrected chi connectivity index (χ3v) is 8.44. The van der Waals surface area contributed by atoms with Gasteiger partial charge in [0.2, 0.25) is 9.47 Å². The molecule has 1 aliphatic heterocycles. The van der Waals surface area contributed by atoms with Gasteiger partial charge in [-0.05, 0) is 62.4 Å². The van der Waals surface area contributed by atoms with Crippen LogP contribution in [0.5, 0.6) is 0 Å². The Morgan fingerprint density at radius 1 is 1.03 bits per heavy atom. The van der Waals surface area contributed by atoms with Crippen molar-refractivity contribution >= 4 is 38.1 Å². The molecular formula is C23H27N5O3S2. The number of rotatable bonds is 7. The minimum absolute atomic E-state index is 0.127. The van der Waals surface area contributed by atoms with E-state index in [0.29, 0.717) is 5.56 Å². The molecule has 1 aromatic heterocycles. The van der Waals surface area contributed by atoms with Crippen LogP contribution in [-0.4, -0.2) is 37.6 Å². The van der Waals surface area contributed by atoms with Gasteiger partial charge >= 0.3 is 0 Å². The van der Waals surface area contributed by atoms with Crippen molar-refractivity contribution in [3.63, 3.8) is 0 Å². The van der Waals surface area contributed by atoms with E-state index in [9.17, 15) is 13.2 Å². The number of nitrogens with one attached hydrogen (secondary N) is 2. The predicted molar refractivity (Wildman–Crippen MR) is 130 cm³/mol.